The van der Waals surface area contributed by atoms with Crippen molar-refractivity contribution in [1.82, 2.24) is 0 Å². The minimum absolute atomic E-state index is 0.213. The normalized spacial score (nSPS) is 11.0. The maximum Gasteiger partial charge on any atom is 0.129 e. The Morgan fingerprint density at radius 2 is 1.63 bits per heavy atom. The summed E-state index contributed by atoms with van der Waals surface area (Å²) in [5.74, 6) is 0.631. The zero-order chi connectivity index (χ0) is 18.9. The molecular formula is C22H27FN2O2+2. The number of halogens is 1. The van der Waals surface area contributed by atoms with Crippen molar-refractivity contribution in [1.29, 1.82) is 0 Å². The van der Waals surface area contributed by atoms with Crippen molar-refractivity contribution >= 4 is 10.8 Å². The van der Waals surface area contributed by atoms with Crippen LogP contribution < -0.4 is 15.4 Å². The Bertz CT molecular complexity index is 853. The van der Waals surface area contributed by atoms with Crippen LogP contribution in [0.15, 0.2) is 60.7 Å². The molecule has 0 amide bonds. The lowest BCUT2D eigenvalue weighted by molar-refractivity contribution is -0.731. The lowest BCUT2D eigenvalue weighted by Gasteiger charge is -2.14. The Balaban J connectivity index is 1.71. The monoisotopic (exact) mass is 370 g/mol. The Labute approximate surface area is 159 Å². The van der Waals surface area contributed by atoms with Crippen molar-refractivity contribution in [3.05, 3.63) is 77.6 Å². The van der Waals surface area contributed by atoms with E-state index in [-0.39, 0.29) is 12.4 Å². The zero-order valence-electron chi connectivity index (χ0n) is 15.4. The number of benzene rings is 3. The highest BCUT2D eigenvalue weighted by atomic mass is 19.1. The van der Waals surface area contributed by atoms with Crippen LogP contribution in [0.4, 0.5) is 4.39 Å². The maximum absolute atomic E-state index is 13.1. The van der Waals surface area contributed by atoms with Crippen molar-refractivity contribution in [2.75, 3.05) is 26.2 Å². The van der Waals surface area contributed by atoms with Crippen LogP contribution >= 0.6 is 0 Å². The second kappa shape index (κ2) is 10.0. The molecule has 0 saturated carbocycles. The molecule has 0 unspecified atom stereocenters. The summed E-state index contributed by atoms with van der Waals surface area (Å²) < 4.78 is 19.2. The average Bonchev–Trinajstić information content (AvgIpc) is 2.70. The van der Waals surface area contributed by atoms with E-state index in [2.05, 4.69) is 28.8 Å². The summed E-state index contributed by atoms with van der Waals surface area (Å²) in [7, 11) is 0. The van der Waals surface area contributed by atoms with E-state index in [1.165, 1.54) is 28.5 Å². The van der Waals surface area contributed by atoms with Gasteiger partial charge in [-0.15, -0.1) is 0 Å². The van der Waals surface area contributed by atoms with Crippen LogP contribution in [-0.2, 0) is 13.2 Å². The van der Waals surface area contributed by atoms with Gasteiger partial charge in [0.15, 0.2) is 0 Å². The number of quaternary nitrogens is 2. The van der Waals surface area contributed by atoms with Crippen molar-refractivity contribution in [2.24, 2.45) is 0 Å². The standard InChI is InChI=1S/C22H25FN2O2/c23-19-8-5-17(6-9-19)16-27-22-10-7-18-3-1-2-4-20(18)21(22)15-25-12-11-24-13-14-26/h1-10,24-26H,11-16H2/p+2. The van der Waals surface area contributed by atoms with E-state index in [1.54, 1.807) is 12.1 Å². The number of nitrogens with two attached hydrogens (primary N) is 2. The third-order valence-electron chi connectivity index (χ3n) is 4.56. The second-order valence-electron chi connectivity index (χ2n) is 6.55. The van der Waals surface area contributed by atoms with Gasteiger partial charge in [-0.25, -0.2) is 4.39 Å². The topological polar surface area (TPSA) is 62.7 Å². The molecule has 5 N–H and O–H groups in total. The quantitative estimate of drug-likeness (QED) is 0.469. The third kappa shape index (κ3) is 5.50. The van der Waals surface area contributed by atoms with Crippen LogP contribution in [0.1, 0.15) is 11.1 Å². The summed E-state index contributed by atoms with van der Waals surface area (Å²) in [6.45, 7) is 4.14. The Morgan fingerprint density at radius 3 is 2.44 bits per heavy atom. The van der Waals surface area contributed by atoms with Crippen LogP contribution in [0.3, 0.4) is 0 Å². The molecule has 0 aliphatic rings. The lowest BCUT2D eigenvalue weighted by Crippen LogP contribution is -2.94. The molecule has 0 aliphatic carbocycles. The van der Waals surface area contributed by atoms with Gasteiger partial charge >= 0.3 is 0 Å². The molecule has 3 aromatic carbocycles. The molecule has 0 radical (unpaired) electrons. The maximum atomic E-state index is 13.1. The molecule has 3 aromatic rings. The Morgan fingerprint density at radius 1 is 0.852 bits per heavy atom. The number of hydrogen-bond acceptors (Lipinski definition) is 2. The number of hydrogen-bond donors (Lipinski definition) is 3. The Kier molecular flexibility index (Phi) is 7.16. The SMILES string of the molecule is OCC[NH2+]CC[NH2+]Cc1c(OCc2ccc(F)cc2)ccc2ccccc12. The molecule has 0 bridgehead atoms. The van der Waals surface area contributed by atoms with Crippen LogP contribution in [-0.4, -0.2) is 31.3 Å². The first-order chi connectivity index (χ1) is 13.3. The van der Waals surface area contributed by atoms with Crippen LogP contribution in [0.2, 0.25) is 0 Å². The highest BCUT2D eigenvalue weighted by Gasteiger charge is 2.11. The summed E-state index contributed by atoms with van der Waals surface area (Å²) in [6, 6.07) is 18.8. The van der Waals surface area contributed by atoms with Crippen molar-refractivity contribution < 1.29 is 24.9 Å². The predicted molar refractivity (Wildman–Crippen MR) is 104 cm³/mol. The summed E-state index contributed by atoms with van der Waals surface area (Å²) in [4.78, 5) is 0. The van der Waals surface area contributed by atoms with E-state index in [0.717, 1.165) is 37.5 Å². The van der Waals surface area contributed by atoms with Gasteiger partial charge in [-0.05, 0) is 34.5 Å². The predicted octanol–water partition coefficient (Wildman–Crippen LogP) is 1.18. The molecule has 0 aromatic heterocycles. The summed E-state index contributed by atoms with van der Waals surface area (Å²) in [5, 5.41) is 15.6. The molecule has 3 rings (SSSR count). The van der Waals surface area contributed by atoms with E-state index < -0.39 is 0 Å². The molecule has 0 fully saturated rings. The first kappa shape index (κ1) is 19.3. The van der Waals surface area contributed by atoms with Gasteiger partial charge in [-0.3, -0.25) is 0 Å². The molecular weight excluding hydrogens is 343 g/mol. The molecule has 4 nitrogen and oxygen atoms in total. The van der Waals surface area contributed by atoms with Crippen molar-refractivity contribution in [3.8, 4) is 5.75 Å². The minimum atomic E-state index is -0.238. The van der Waals surface area contributed by atoms with Gasteiger partial charge < -0.3 is 20.5 Å². The smallest absolute Gasteiger partial charge is 0.129 e. The van der Waals surface area contributed by atoms with E-state index in [4.69, 9.17) is 9.84 Å². The first-order valence-corrected chi connectivity index (χ1v) is 9.40. The number of aliphatic hydroxyl groups excluding tert-OH is 1. The average molecular weight is 370 g/mol. The molecule has 142 valence electrons. The second-order valence-corrected chi connectivity index (χ2v) is 6.55. The third-order valence-corrected chi connectivity index (χ3v) is 4.56. The molecule has 0 atom stereocenters. The van der Waals surface area contributed by atoms with Gasteiger partial charge in [0.05, 0.1) is 18.7 Å². The molecule has 5 heteroatoms. The van der Waals surface area contributed by atoms with Crippen LogP contribution in [0, 0.1) is 5.82 Å². The van der Waals surface area contributed by atoms with Gasteiger partial charge in [0.2, 0.25) is 0 Å². The number of rotatable bonds is 10. The fraction of sp³-hybridized carbons (Fsp3) is 0.273. The van der Waals surface area contributed by atoms with Crippen molar-refractivity contribution in [2.45, 2.75) is 13.2 Å². The van der Waals surface area contributed by atoms with E-state index in [0.29, 0.717) is 6.61 Å². The number of fused-ring (bicyclic) bond motifs is 1. The first-order valence-electron chi connectivity index (χ1n) is 9.40. The largest absolute Gasteiger partial charge is 0.488 e. The van der Waals surface area contributed by atoms with Gasteiger partial charge in [0.25, 0.3) is 0 Å². The van der Waals surface area contributed by atoms with Gasteiger partial charge in [-0.1, -0.05) is 42.5 Å². The van der Waals surface area contributed by atoms with Gasteiger partial charge in [-0.2, -0.15) is 0 Å². The summed E-state index contributed by atoms with van der Waals surface area (Å²) in [6.07, 6.45) is 0. The molecule has 0 aliphatic heterocycles. The molecule has 0 saturated heterocycles. The molecule has 0 spiro atoms. The van der Waals surface area contributed by atoms with Crippen LogP contribution in [0.25, 0.3) is 10.8 Å². The van der Waals surface area contributed by atoms with E-state index in [1.807, 2.05) is 18.2 Å². The molecule has 27 heavy (non-hydrogen) atoms. The lowest BCUT2D eigenvalue weighted by atomic mass is 10.0. The fourth-order valence-corrected chi connectivity index (χ4v) is 3.12. The van der Waals surface area contributed by atoms with E-state index >= 15 is 0 Å². The highest BCUT2D eigenvalue weighted by Crippen LogP contribution is 2.28. The molecule has 0 heterocycles. The highest BCUT2D eigenvalue weighted by molar-refractivity contribution is 5.87. The van der Waals surface area contributed by atoms with E-state index in [9.17, 15) is 4.39 Å². The minimum Gasteiger partial charge on any atom is -0.488 e. The number of aliphatic hydroxyl groups is 1. The van der Waals surface area contributed by atoms with Crippen molar-refractivity contribution in [3.63, 3.8) is 0 Å². The summed E-state index contributed by atoms with van der Waals surface area (Å²) in [5.41, 5.74) is 2.12. The fourth-order valence-electron chi connectivity index (χ4n) is 3.12. The zero-order valence-corrected chi connectivity index (χ0v) is 15.4. The Hall–Kier alpha value is -2.47. The summed E-state index contributed by atoms with van der Waals surface area (Å²) >= 11 is 0. The van der Waals surface area contributed by atoms with Gasteiger partial charge in [0.1, 0.15) is 37.8 Å². The van der Waals surface area contributed by atoms with Gasteiger partial charge in [0, 0.05) is 0 Å². The van der Waals surface area contributed by atoms with Crippen LogP contribution in [0.5, 0.6) is 5.75 Å². The number of ether oxygens (including phenoxy) is 1.